The fraction of sp³-hybridized carbons (Fsp3) is 0.333. The van der Waals surface area contributed by atoms with Crippen LogP contribution < -0.4 is 0 Å². The first-order valence-corrected chi connectivity index (χ1v) is 6.94. The molecular formula is C15H18ClN3O. The smallest absolute Gasteiger partial charge is 0.258 e. The Hall–Kier alpha value is -1.81. The molecule has 2 aromatic rings. The van der Waals surface area contributed by atoms with E-state index in [4.69, 9.17) is 11.6 Å². The summed E-state index contributed by atoms with van der Waals surface area (Å²) in [7, 11) is 1.76. The molecule has 0 aliphatic rings. The van der Waals surface area contributed by atoms with Gasteiger partial charge in [-0.3, -0.25) is 4.79 Å². The summed E-state index contributed by atoms with van der Waals surface area (Å²) in [6.07, 6.45) is 0. The topological polar surface area (TPSA) is 38.1 Å². The molecule has 20 heavy (non-hydrogen) atoms. The molecule has 0 radical (unpaired) electrons. The van der Waals surface area contributed by atoms with Gasteiger partial charge in [-0.2, -0.15) is 5.10 Å². The minimum atomic E-state index is -0.0886. The summed E-state index contributed by atoms with van der Waals surface area (Å²) < 4.78 is 1.67. The number of halogens is 1. The van der Waals surface area contributed by atoms with E-state index in [0.29, 0.717) is 29.5 Å². The quantitative estimate of drug-likeness (QED) is 0.868. The van der Waals surface area contributed by atoms with Gasteiger partial charge in [-0.05, 0) is 19.4 Å². The van der Waals surface area contributed by atoms with E-state index in [0.717, 1.165) is 5.56 Å². The van der Waals surface area contributed by atoms with Crippen LogP contribution in [-0.2, 0) is 6.54 Å². The third-order valence-corrected chi connectivity index (χ3v) is 3.66. The predicted octanol–water partition coefficient (Wildman–Crippen LogP) is 2.99. The van der Waals surface area contributed by atoms with Gasteiger partial charge in [0.15, 0.2) is 0 Å². The molecule has 1 aromatic heterocycles. The Balaban J connectivity index is 2.32. The number of amides is 1. The van der Waals surface area contributed by atoms with Crippen molar-refractivity contribution in [2.24, 2.45) is 0 Å². The van der Waals surface area contributed by atoms with Crippen LogP contribution >= 0.6 is 11.6 Å². The molecule has 0 unspecified atom stereocenters. The minimum absolute atomic E-state index is 0.0886. The Kier molecular flexibility index (Phi) is 4.45. The van der Waals surface area contributed by atoms with Crippen LogP contribution in [0, 0.1) is 6.92 Å². The van der Waals surface area contributed by atoms with Crippen molar-refractivity contribution in [3.8, 4) is 0 Å². The molecule has 0 bridgehead atoms. The van der Waals surface area contributed by atoms with Gasteiger partial charge in [-0.15, -0.1) is 0 Å². The summed E-state index contributed by atoms with van der Waals surface area (Å²) in [5, 5.41) is 4.78. The molecule has 1 amide bonds. The summed E-state index contributed by atoms with van der Waals surface area (Å²) in [5.41, 5.74) is 2.25. The molecule has 4 nitrogen and oxygen atoms in total. The Labute approximate surface area is 124 Å². The molecule has 1 aromatic carbocycles. The fourth-order valence-electron chi connectivity index (χ4n) is 1.99. The lowest BCUT2D eigenvalue weighted by molar-refractivity contribution is 0.0802. The Morgan fingerprint density at radius 3 is 2.60 bits per heavy atom. The predicted molar refractivity (Wildman–Crippen MR) is 80.2 cm³/mol. The molecule has 0 saturated heterocycles. The molecule has 0 aliphatic heterocycles. The van der Waals surface area contributed by atoms with Gasteiger partial charge < -0.3 is 4.90 Å². The van der Waals surface area contributed by atoms with Gasteiger partial charge >= 0.3 is 0 Å². The van der Waals surface area contributed by atoms with Gasteiger partial charge in [0.05, 0.1) is 17.8 Å². The highest BCUT2D eigenvalue weighted by Crippen LogP contribution is 2.22. The average Bonchev–Trinajstić information content (AvgIpc) is 2.73. The second-order valence-corrected chi connectivity index (χ2v) is 5.07. The monoisotopic (exact) mass is 291 g/mol. The summed E-state index contributed by atoms with van der Waals surface area (Å²) in [5.74, 6) is -0.0886. The van der Waals surface area contributed by atoms with E-state index in [-0.39, 0.29) is 5.91 Å². The van der Waals surface area contributed by atoms with Crippen molar-refractivity contribution in [1.29, 1.82) is 0 Å². The van der Waals surface area contributed by atoms with E-state index in [1.54, 1.807) is 16.6 Å². The zero-order chi connectivity index (χ0) is 14.7. The van der Waals surface area contributed by atoms with Crippen molar-refractivity contribution in [3.63, 3.8) is 0 Å². The molecule has 5 heteroatoms. The number of aryl methyl sites for hydroxylation is 1. The van der Waals surface area contributed by atoms with E-state index < -0.39 is 0 Å². The maximum atomic E-state index is 12.3. The average molecular weight is 292 g/mol. The third kappa shape index (κ3) is 2.85. The van der Waals surface area contributed by atoms with Crippen molar-refractivity contribution < 1.29 is 4.79 Å². The van der Waals surface area contributed by atoms with Gasteiger partial charge in [0.25, 0.3) is 5.91 Å². The van der Waals surface area contributed by atoms with E-state index in [9.17, 15) is 4.79 Å². The van der Waals surface area contributed by atoms with Gasteiger partial charge in [0, 0.05) is 13.6 Å². The first kappa shape index (κ1) is 14.6. The maximum Gasteiger partial charge on any atom is 0.258 e. The van der Waals surface area contributed by atoms with Crippen molar-refractivity contribution >= 4 is 17.5 Å². The van der Waals surface area contributed by atoms with Gasteiger partial charge in [-0.25, -0.2) is 4.68 Å². The molecule has 0 saturated carbocycles. The SMILES string of the molecule is CCN(C)C(=O)c1c(C)nn(Cc2ccccc2)c1Cl. The summed E-state index contributed by atoms with van der Waals surface area (Å²) in [6, 6.07) is 9.91. The number of carbonyl (C=O) groups excluding carboxylic acids is 1. The Morgan fingerprint density at radius 2 is 2.00 bits per heavy atom. The highest BCUT2D eigenvalue weighted by molar-refractivity contribution is 6.33. The van der Waals surface area contributed by atoms with Crippen LogP contribution in [-0.4, -0.2) is 34.2 Å². The van der Waals surface area contributed by atoms with Crippen LogP contribution in [0.25, 0.3) is 0 Å². The van der Waals surface area contributed by atoms with E-state index in [1.807, 2.05) is 44.2 Å². The number of aromatic nitrogens is 2. The van der Waals surface area contributed by atoms with Crippen LogP contribution in [0.3, 0.4) is 0 Å². The molecule has 0 atom stereocenters. The van der Waals surface area contributed by atoms with Crippen LogP contribution in [0.4, 0.5) is 0 Å². The Bertz CT molecular complexity index is 607. The fourth-order valence-corrected chi connectivity index (χ4v) is 2.31. The van der Waals surface area contributed by atoms with E-state index >= 15 is 0 Å². The lowest BCUT2D eigenvalue weighted by atomic mass is 10.2. The number of carbonyl (C=O) groups is 1. The first-order chi connectivity index (χ1) is 9.54. The van der Waals surface area contributed by atoms with Crippen molar-refractivity contribution in [2.75, 3.05) is 13.6 Å². The second-order valence-electron chi connectivity index (χ2n) is 4.71. The van der Waals surface area contributed by atoms with Crippen molar-refractivity contribution in [3.05, 3.63) is 52.3 Å². The summed E-state index contributed by atoms with van der Waals surface area (Å²) >= 11 is 6.33. The highest BCUT2D eigenvalue weighted by Gasteiger charge is 2.22. The lowest BCUT2D eigenvalue weighted by Gasteiger charge is -2.14. The van der Waals surface area contributed by atoms with Crippen LogP contribution in [0.1, 0.15) is 28.5 Å². The number of rotatable bonds is 4. The van der Waals surface area contributed by atoms with E-state index in [2.05, 4.69) is 5.10 Å². The number of hydrogen-bond donors (Lipinski definition) is 0. The lowest BCUT2D eigenvalue weighted by Crippen LogP contribution is -2.26. The largest absolute Gasteiger partial charge is 0.342 e. The van der Waals surface area contributed by atoms with Gasteiger partial charge in [-0.1, -0.05) is 41.9 Å². The molecule has 0 fully saturated rings. The van der Waals surface area contributed by atoms with Crippen molar-refractivity contribution in [1.82, 2.24) is 14.7 Å². The number of hydrogen-bond acceptors (Lipinski definition) is 2. The molecule has 2 rings (SSSR count). The summed E-state index contributed by atoms with van der Waals surface area (Å²) in [4.78, 5) is 13.9. The van der Waals surface area contributed by atoms with Crippen molar-refractivity contribution in [2.45, 2.75) is 20.4 Å². The molecule has 1 heterocycles. The second kappa shape index (κ2) is 6.09. The molecule has 0 N–H and O–H groups in total. The molecule has 0 spiro atoms. The van der Waals surface area contributed by atoms with Crippen LogP contribution in [0.5, 0.6) is 0 Å². The van der Waals surface area contributed by atoms with Gasteiger partial charge in [0.1, 0.15) is 5.15 Å². The number of benzene rings is 1. The number of nitrogens with zero attached hydrogens (tertiary/aromatic N) is 3. The standard InChI is InChI=1S/C15H18ClN3O/c1-4-18(3)15(20)13-11(2)17-19(14(13)16)10-12-8-6-5-7-9-12/h5-9H,4,10H2,1-3H3. The van der Waals surface area contributed by atoms with Crippen LogP contribution in [0.15, 0.2) is 30.3 Å². The first-order valence-electron chi connectivity index (χ1n) is 6.56. The minimum Gasteiger partial charge on any atom is -0.342 e. The normalized spacial score (nSPS) is 10.6. The zero-order valence-corrected chi connectivity index (χ0v) is 12.7. The van der Waals surface area contributed by atoms with E-state index in [1.165, 1.54) is 0 Å². The summed E-state index contributed by atoms with van der Waals surface area (Å²) in [6.45, 7) is 4.93. The zero-order valence-electron chi connectivity index (χ0n) is 11.9. The Morgan fingerprint density at radius 1 is 1.35 bits per heavy atom. The van der Waals surface area contributed by atoms with Gasteiger partial charge in [0.2, 0.25) is 0 Å². The molecular weight excluding hydrogens is 274 g/mol. The highest BCUT2D eigenvalue weighted by atomic mass is 35.5. The maximum absolute atomic E-state index is 12.3. The molecule has 0 aliphatic carbocycles. The van der Waals surface area contributed by atoms with Crippen LogP contribution in [0.2, 0.25) is 5.15 Å². The third-order valence-electron chi connectivity index (χ3n) is 3.28. The molecule has 106 valence electrons.